The molecule has 0 bridgehead atoms. The third-order valence-electron chi connectivity index (χ3n) is 6.02. The van der Waals surface area contributed by atoms with Gasteiger partial charge in [-0.2, -0.15) is 0 Å². The number of anilines is 1. The van der Waals surface area contributed by atoms with Crippen LogP contribution < -0.4 is 5.32 Å². The van der Waals surface area contributed by atoms with Gasteiger partial charge in [0.25, 0.3) is 0 Å². The molecule has 1 aliphatic heterocycles. The number of nitrogens with one attached hydrogen (secondary N) is 1. The van der Waals surface area contributed by atoms with Crippen LogP contribution in [0.15, 0.2) is 12.1 Å². The van der Waals surface area contributed by atoms with Gasteiger partial charge in [-0.25, -0.2) is 4.98 Å². The van der Waals surface area contributed by atoms with Gasteiger partial charge in [0.2, 0.25) is 0 Å². The van der Waals surface area contributed by atoms with Crippen LogP contribution in [0.1, 0.15) is 58.1 Å². The van der Waals surface area contributed by atoms with Crippen molar-refractivity contribution in [2.75, 3.05) is 25.0 Å². The minimum absolute atomic E-state index is 0.245. The predicted octanol–water partition coefficient (Wildman–Crippen LogP) is 3.71. The topological polar surface area (TPSA) is 57.6 Å². The van der Waals surface area contributed by atoms with Crippen molar-refractivity contribution in [2.24, 2.45) is 0 Å². The molecule has 5 nitrogen and oxygen atoms in total. The highest BCUT2D eigenvalue weighted by Gasteiger charge is 2.38. The second-order valence-corrected chi connectivity index (χ2v) is 7.88. The Labute approximate surface area is 151 Å². The Morgan fingerprint density at radius 1 is 1.24 bits per heavy atom. The summed E-state index contributed by atoms with van der Waals surface area (Å²) in [5, 5.41) is 13.4. The first-order valence-electron chi connectivity index (χ1n) is 9.80. The highest BCUT2D eigenvalue weighted by Crippen LogP contribution is 2.36. The summed E-state index contributed by atoms with van der Waals surface area (Å²) in [5.74, 6) is 0.871. The van der Waals surface area contributed by atoms with Crippen LogP contribution in [0.4, 0.5) is 5.82 Å². The zero-order valence-electron chi connectivity index (χ0n) is 15.9. The summed E-state index contributed by atoms with van der Waals surface area (Å²) in [4.78, 5) is 7.10. The summed E-state index contributed by atoms with van der Waals surface area (Å²) in [6.45, 7) is 9.52. The Morgan fingerprint density at radius 2 is 1.92 bits per heavy atom. The zero-order valence-corrected chi connectivity index (χ0v) is 15.9. The second kappa shape index (κ2) is 7.92. The minimum Gasteiger partial charge on any atom is -0.504 e. The number of pyridine rings is 1. The Morgan fingerprint density at radius 3 is 2.56 bits per heavy atom. The molecule has 25 heavy (non-hydrogen) atoms. The van der Waals surface area contributed by atoms with Crippen molar-refractivity contribution in [2.45, 2.75) is 77.0 Å². The van der Waals surface area contributed by atoms with Crippen molar-refractivity contribution in [3.05, 3.63) is 17.8 Å². The van der Waals surface area contributed by atoms with Crippen molar-refractivity contribution >= 4 is 5.82 Å². The number of ether oxygens (including phenoxy) is 1. The van der Waals surface area contributed by atoms with E-state index in [4.69, 9.17) is 4.74 Å². The highest BCUT2D eigenvalue weighted by molar-refractivity contribution is 5.50. The van der Waals surface area contributed by atoms with Gasteiger partial charge in [-0.1, -0.05) is 0 Å². The van der Waals surface area contributed by atoms with Crippen LogP contribution in [0, 0.1) is 6.92 Å². The molecule has 0 unspecified atom stereocenters. The maximum atomic E-state index is 9.98. The molecule has 5 heteroatoms. The van der Waals surface area contributed by atoms with Gasteiger partial charge in [0, 0.05) is 37.0 Å². The molecule has 0 radical (unpaired) electrons. The number of nitrogens with zero attached hydrogens (tertiary/aromatic N) is 2. The normalized spacial score (nSPS) is 28.8. The van der Waals surface area contributed by atoms with Gasteiger partial charge < -0.3 is 15.2 Å². The molecule has 1 saturated carbocycles. The molecule has 0 amide bonds. The molecular formula is C20H33N3O2. The minimum atomic E-state index is 0.245. The van der Waals surface area contributed by atoms with E-state index in [1.165, 1.54) is 25.7 Å². The summed E-state index contributed by atoms with van der Waals surface area (Å²) in [6.07, 6.45) is 7.49. The average molecular weight is 348 g/mol. The van der Waals surface area contributed by atoms with Crippen LogP contribution >= 0.6 is 0 Å². The van der Waals surface area contributed by atoms with E-state index in [9.17, 15) is 5.11 Å². The third-order valence-corrected chi connectivity index (χ3v) is 6.02. The number of rotatable bonds is 5. The monoisotopic (exact) mass is 347 g/mol. The van der Waals surface area contributed by atoms with E-state index in [0.717, 1.165) is 38.2 Å². The molecular weight excluding hydrogens is 314 g/mol. The van der Waals surface area contributed by atoms with Crippen molar-refractivity contribution < 1.29 is 9.84 Å². The number of likely N-dealkylation sites (tertiary alicyclic amines) is 1. The average Bonchev–Trinajstić information content (AvgIpc) is 2.61. The molecule has 1 aromatic rings. The lowest BCUT2D eigenvalue weighted by atomic mass is 9.79. The lowest BCUT2D eigenvalue weighted by Gasteiger charge is -2.48. The van der Waals surface area contributed by atoms with Crippen LogP contribution in [0.3, 0.4) is 0 Å². The molecule has 3 rings (SSSR count). The molecule has 2 aliphatic rings. The molecule has 2 N–H and O–H groups in total. The SMILES string of the molecule is CCO[C@H]1CC[C@](C)(N2CCC(Nc3nc(C)ccc3O)CC2)CC1. The fraction of sp³-hybridized carbons (Fsp3) is 0.750. The molecule has 1 saturated heterocycles. The molecule has 0 spiro atoms. The Kier molecular flexibility index (Phi) is 5.85. The summed E-state index contributed by atoms with van der Waals surface area (Å²) < 4.78 is 5.81. The lowest BCUT2D eigenvalue weighted by molar-refractivity contribution is -0.0242. The van der Waals surface area contributed by atoms with E-state index < -0.39 is 0 Å². The number of piperidine rings is 1. The Hall–Kier alpha value is -1.33. The maximum Gasteiger partial charge on any atom is 0.168 e. The van der Waals surface area contributed by atoms with Gasteiger partial charge in [-0.05, 0) is 71.4 Å². The summed E-state index contributed by atoms with van der Waals surface area (Å²) in [6, 6.07) is 3.94. The molecule has 2 heterocycles. The number of aromatic nitrogens is 1. The molecule has 140 valence electrons. The standard InChI is InChI=1S/C20H33N3O2/c1-4-25-17-7-11-20(3,12-8-17)23-13-9-16(10-14-23)22-19-18(24)6-5-15(2)21-19/h5-6,16-17,24H,4,7-14H2,1-3H3,(H,21,22)/t17-,20-. The van der Waals surface area contributed by atoms with Crippen LogP contribution in [-0.2, 0) is 4.74 Å². The van der Waals surface area contributed by atoms with E-state index in [2.05, 4.69) is 29.0 Å². The van der Waals surface area contributed by atoms with Crippen molar-refractivity contribution in [3.8, 4) is 5.75 Å². The van der Waals surface area contributed by atoms with Crippen molar-refractivity contribution in [1.82, 2.24) is 9.88 Å². The van der Waals surface area contributed by atoms with Gasteiger partial charge in [0.15, 0.2) is 11.6 Å². The summed E-state index contributed by atoms with van der Waals surface area (Å²) in [5.41, 5.74) is 1.25. The Balaban J connectivity index is 1.51. The summed E-state index contributed by atoms with van der Waals surface area (Å²) in [7, 11) is 0. The van der Waals surface area contributed by atoms with Gasteiger partial charge in [0.1, 0.15) is 0 Å². The molecule has 1 aliphatic carbocycles. The van der Waals surface area contributed by atoms with E-state index >= 15 is 0 Å². The van der Waals surface area contributed by atoms with Gasteiger partial charge in [-0.15, -0.1) is 0 Å². The largest absolute Gasteiger partial charge is 0.504 e. The Bertz CT molecular complexity index is 562. The fourth-order valence-electron chi connectivity index (χ4n) is 4.34. The van der Waals surface area contributed by atoms with Crippen molar-refractivity contribution in [3.63, 3.8) is 0 Å². The lowest BCUT2D eigenvalue weighted by Crippen LogP contribution is -2.53. The number of hydrogen-bond donors (Lipinski definition) is 2. The number of hydrogen-bond acceptors (Lipinski definition) is 5. The number of aromatic hydroxyl groups is 1. The van der Waals surface area contributed by atoms with Crippen LogP contribution in [0.5, 0.6) is 5.75 Å². The maximum absolute atomic E-state index is 9.98. The molecule has 1 aromatic heterocycles. The van der Waals surface area contributed by atoms with Gasteiger partial charge in [-0.3, -0.25) is 4.90 Å². The molecule has 2 fully saturated rings. The second-order valence-electron chi connectivity index (χ2n) is 7.88. The zero-order chi connectivity index (χ0) is 17.9. The first-order chi connectivity index (χ1) is 12.0. The quantitative estimate of drug-likeness (QED) is 0.850. The number of aryl methyl sites for hydroxylation is 1. The van der Waals surface area contributed by atoms with Gasteiger partial charge in [0.05, 0.1) is 6.10 Å². The van der Waals surface area contributed by atoms with E-state index in [1.807, 2.05) is 13.0 Å². The van der Waals surface area contributed by atoms with Crippen LogP contribution in [0.25, 0.3) is 0 Å². The first-order valence-corrected chi connectivity index (χ1v) is 9.80. The molecule has 0 atom stereocenters. The first kappa shape index (κ1) is 18.5. The van der Waals surface area contributed by atoms with E-state index in [1.54, 1.807) is 6.07 Å². The highest BCUT2D eigenvalue weighted by atomic mass is 16.5. The smallest absolute Gasteiger partial charge is 0.168 e. The van der Waals surface area contributed by atoms with E-state index in [0.29, 0.717) is 23.5 Å². The van der Waals surface area contributed by atoms with Gasteiger partial charge >= 0.3 is 0 Å². The predicted molar refractivity (Wildman–Crippen MR) is 101 cm³/mol. The fourth-order valence-corrected chi connectivity index (χ4v) is 4.34. The van der Waals surface area contributed by atoms with Crippen molar-refractivity contribution in [1.29, 1.82) is 0 Å². The van der Waals surface area contributed by atoms with Crippen LogP contribution in [-0.4, -0.2) is 52.4 Å². The molecule has 0 aromatic carbocycles. The third kappa shape index (κ3) is 4.45. The van der Waals surface area contributed by atoms with E-state index in [-0.39, 0.29) is 5.75 Å². The summed E-state index contributed by atoms with van der Waals surface area (Å²) >= 11 is 0. The van der Waals surface area contributed by atoms with Crippen LogP contribution in [0.2, 0.25) is 0 Å².